The van der Waals surface area contributed by atoms with Crippen molar-refractivity contribution in [3.8, 4) is 0 Å². The first kappa shape index (κ1) is 9.54. The molecule has 16 heavy (non-hydrogen) atoms. The molecule has 1 saturated heterocycles. The highest BCUT2D eigenvalue weighted by atomic mass is 15.1. The van der Waals surface area contributed by atoms with Gasteiger partial charge in [0.1, 0.15) is 0 Å². The van der Waals surface area contributed by atoms with Gasteiger partial charge in [0, 0.05) is 24.2 Å². The third-order valence-electron chi connectivity index (χ3n) is 2.88. The molecule has 2 aromatic rings. The van der Waals surface area contributed by atoms with Crippen LogP contribution >= 0.6 is 0 Å². The number of fused-ring (bicyclic) bond motifs is 1. The number of hydrogen-bond acceptors (Lipinski definition) is 4. The van der Waals surface area contributed by atoms with E-state index in [0.29, 0.717) is 6.04 Å². The number of para-hydroxylation sites is 1. The number of rotatable bonds is 2. The van der Waals surface area contributed by atoms with Crippen molar-refractivity contribution in [2.75, 3.05) is 18.4 Å². The lowest BCUT2D eigenvalue weighted by atomic mass is 10.2. The van der Waals surface area contributed by atoms with Crippen LogP contribution in [0.4, 0.5) is 5.95 Å². The van der Waals surface area contributed by atoms with E-state index >= 15 is 0 Å². The first-order valence-electron chi connectivity index (χ1n) is 5.61. The lowest BCUT2D eigenvalue weighted by molar-refractivity contribution is 0.782. The topological polar surface area (TPSA) is 49.8 Å². The van der Waals surface area contributed by atoms with Crippen LogP contribution in [0.25, 0.3) is 10.9 Å². The van der Waals surface area contributed by atoms with Crippen LogP contribution < -0.4 is 10.6 Å². The van der Waals surface area contributed by atoms with Crippen LogP contribution in [0, 0.1) is 0 Å². The smallest absolute Gasteiger partial charge is 0.223 e. The minimum absolute atomic E-state index is 0.459. The van der Waals surface area contributed by atoms with Gasteiger partial charge in [-0.3, -0.25) is 0 Å². The van der Waals surface area contributed by atoms with Crippen molar-refractivity contribution in [2.24, 2.45) is 0 Å². The van der Waals surface area contributed by atoms with Crippen LogP contribution in [-0.2, 0) is 0 Å². The van der Waals surface area contributed by atoms with Gasteiger partial charge in [-0.25, -0.2) is 9.97 Å². The predicted molar refractivity (Wildman–Crippen MR) is 64.4 cm³/mol. The maximum absolute atomic E-state index is 4.49. The Kier molecular flexibility index (Phi) is 2.42. The fourth-order valence-corrected chi connectivity index (χ4v) is 2.00. The molecule has 1 unspecified atom stereocenters. The third kappa shape index (κ3) is 1.84. The second kappa shape index (κ2) is 4.06. The maximum atomic E-state index is 4.49. The molecule has 1 fully saturated rings. The average molecular weight is 214 g/mol. The van der Waals surface area contributed by atoms with Gasteiger partial charge >= 0.3 is 0 Å². The summed E-state index contributed by atoms with van der Waals surface area (Å²) in [6.45, 7) is 2.07. The van der Waals surface area contributed by atoms with E-state index in [-0.39, 0.29) is 0 Å². The van der Waals surface area contributed by atoms with Gasteiger partial charge in [0.2, 0.25) is 5.95 Å². The summed E-state index contributed by atoms with van der Waals surface area (Å²) in [5, 5.41) is 7.74. The Morgan fingerprint density at radius 1 is 1.31 bits per heavy atom. The molecule has 2 heterocycles. The molecular formula is C12H14N4. The summed E-state index contributed by atoms with van der Waals surface area (Å²) < 4.78 is 0. The van der Waals surface area contributed by atoms with Gasteiger partial charge < -0.3 is 10.6 Å². The maximum Gasteiger partial charge on any atom is 0.223 e. The molecular weight excluding hydrogens is 200 g/mol. The molecule has 82 valence electrons. The van der Waals surface area contributed by atoms with Gasteiger partial charge in [0.15, 0.2) is 0 Å². The monoisotopic (exact) mass is 214 g/mol. The van der Waals surface area contributed by atoms with Gasteiger partial charge in [0.05, 0.1) is 5.52 Å². The van der Waals surface area contributed by atoms with E-state index in [0.717, 1.165) is 36.4 Å². The van der Waals surface area contributed by atoms with E-state index in [4.69, 9.17) is 0 Å². The predicted octanol–water partition coefficient (Wildman–Crippen LogP) is 1.40. The lowest BCUT2D eigenvalue weighted by Gasteiger charge is -2.10. The molecule has 0 aliphatic carbocycles. The summed E-state index contributed by atoms with van der Waals surface area (Å²) in [5.41, 5.74) is 0.992. The Balaban J connectivity index is 1.86. The van der Waals surface area contributed by atoms with E-state index in [1.165, 1.54) is 0 Å². The molecule has 0 bridgehead atoms. The summed E-state index contributed by atoms with van der Waals surface area (Å²) in [4.78, 5) is 8.81. The third-order valence-corrected chi connectivity index (χ3v) is 2.88. The molecule has 1 aromatic carbocycles. The van der Waals surface area contributed by atoms with Gasteiger partial charge in [0.25, 0.3) is 0 Å². The quantitative estimate of drug-likeness (QED) is 0.793. The highest BCUT2D eigenvalue weighted by Crippen LogP contribution is 2.13. The van der Waals surface area contributed by atoms with E-state index in [2.05, 4.69) is 20.6 Å². The summed E-state index contributed by atoms with van der Waals surface area (Å²) in [5.74, 6) is 0.729. The molecule has 0 radical (unpaired) electrons. The van der Waals surface area contributed by atoms with E-state index < -0.39 is 0 Å². The van der Waals surface area contributed by atoms with Crippen LogP contribution in [0.1, 0.15) is 6.42 Å². The molecule has 0 spiro atoms. The van der Waals surface area contributed by atoms with Crippen molar-refractivity contribution in [1.29, 1.82) is 0 Å². The highest BCUT2D eigenvalue weighted by Gasteiger charge is 2.14. The SMILES string of the molecule is c1ccc2nc(NC3CCNC3)ncc2c1. The van der Waals surface area contributed by atoms with Crippen molar-refractivity contribution in [2.45, 2.75) is 12.5 Å². The van der Waals surface area contributed by atoms with Crippen LogP contribution in [0.15, 0.2) is 30.5 Å². The molecule has 0 saturated carbocycles. The number of anilines is 1. The Hall–Kier alpha value is -1.68. The molecule has 4 nitrogen and oxygen atoms in total. The van der Waals surface area contributed by atoms with Crippen molar-refractivity contribution in [1.82, 2.24) is 15.3 Å². The number of nitrogens with one attached hydrogen (secondary N) is 2. The first-order chi connectivity index (χ1) is 7.92. The van der Waals surface area contributed by atoms with Gasteiger partial charge in [-0.05, 0) is 19.0 Å². The van der Waals surface area contributed by atoms with Crippen LogP contribution in [0.3, 0.4) is 0 Å². The van der Waals surface area contributed by atoms with Crippen molar-refractivity contribution < 1.29 is 0 Å². The molecule has 2 N–H and O–H groups in total. The zero-order chi connectivity index (χ0) is 10.8. The Morgan fingerprint density at radius 2 is 2.25 bits per heavy atom. The number of benzene rings is 1. The normalized spacial score (nSPS) is 20.1. The molecule has 4 heteroatoms. The fourth-order valence-electron chi connectivity index (χ4n) is 2.00. The van der Waals surface area contributed by atoms with Gasteiger partial charge in [-0.2, -0.15) is 0 Å². The molecule has 0 amide bonds. The second-order valence-electron chi connectivity index (χ2n) is 4.09. The Labute approximate surface area is 94.1 Å². The summed E-state index contributed by atoms with van der Waals surface area (Å²) in [6.07, 6.45) is 3.00. The summed E-state index contributed by atoms with van der Waals surface area (Å²) >= 11 is 0. The molecule has 1 aliphatic rings. The first-order valence-corrected chi connectivity index (χ1v) is 5.61. The van der Waals surface area contributed by atoms with E-state index in [9.17, 15) is 0 Å². The van der Waals surface area contributed by atoms with Gasteiger partial charge in [-0.15, -0.1) is 0 Å². The average Bonchev–Trinajstić information content (AvgIpc) is 2.82. The zero-order valence-corrected chi connectivity index (χ0v) is 8.98. The number of aromatic nitrogens is 2. The molecule has 1 atom stereocenters. The Morgan fingerprint density at radius 3 is 3.12 bits per heavy atom. The van der Waals surface area contributed by atoms with Crippen LogP contribution in [0.5, 0.6) is 0 Å². The lowest BCUT2D eigenvalue weighted by Crippen LogP contribution is -2.23. The highest BCUT2D eigenvalue weighted by molar-refractivity contribution is 5.78. The summed E-state index contributed by atoms with van der Waals surface area (Å²) in [6, 6.07) is 8.49. The fraction of sp³-hybridized carbons (Fsp3) is 0.333. The second-order valence-corrected chi connectivity index (χ2v) is 4.09. The van der Waals surface area contributed by atoms with Crippen molar-refractivity contribution >= 4 is 16.9 Å². The van der Waals surface area contributed by atoms with Gasteiger partial charge in [-0.1, -0.05) is 18.2 Å². The van der Waals surface area contributed by atoms with Crippen LogP contribution in [0.2, 0.25) is 0 Å². The number of nitrogens with zero attached hydrogens (tertiary/aromatic N) is 2. The number of hydrogen-bond donors (Lipinski definition) is 2. The van der Waals surface area contributed by atoms with Crippen LogP contribution in [-0.4, -0.2) is 29.1 Å². The zero-order valence-electron chi connectivity index (χ0n) is 8.98. The largest absolute Gasteiger partial charge is 0.350 e. The summed E-state index contributed by atoms with van der Waals surface area (Å²) in [7, 11) is 0. The minimum atomic E-state index is 0.459. The van der Waals surface area contributed by atoms with Crippen molar-refractivity contribution in [3.05, 3.63) is 30.5 Å². The molecule has 3 rings (SSSR count). The molecule has 1 aliphatic heterocycles. The molecule has 1 aromatic heterocycles. The van der Waals surface area contributed by atoms with E-state index in [1.54, 1.807) is 0 Å². The standard InChI is InChI=1S/C12H14N4/c1-2-4-11-9(3-1)7-14-12(16-11)15-10-5-6-13-8-10/h1-4,7,10,13H,5-6,8H2,(H,14,15,16). The van der Waals surface area contributed by atoms with Crippen molar-refractivity contribution in [3.63, 3.8) is 0 Å². The van der Waals surface area contributed by atoms with E-state index in [1.807, 2.05) is 30.5 Å². The Bertz CT molecular complexity index is 491. The minimum Gasteiger partial charge on any atom is -0.350 e.